The summed E-state index contributed by atoms with van der Waals surface area (Å²) in [5.41, 5.74) is 9.02. The standard InChI is InChI=1S/C15H17N3O/c16-13-5-6-15(19)18(11-13)10-9-17-8-7-12-3-1-2-4-14(12)17/h1-6,11H,7-10,16H2. The average Bonchev–Trinajstić information content (AvgIpc) is 2.83. The van der Waals surface area contributed by atoms with E-state index in [-0.39, 0.29) is 5.56 Å². The van der Waals surface area contributed by atoms with E-state index in [1.54, 1.807) is 16.8 Å². The summed E-state index contributed by atoms with van der Waals surface area (Å²) in [6.07, 6.45) is 2.80. The van der Waals surface area contributed by atoms with Crippen molar-refractivity contribution in [3.63, 3.8) is 0 Å². The molecule has 1 aromatic carbocycles. The van der Waals surface area contributed by atoms with Gasteiger partial charge in [0.25, 0.3) is 5.56 Å². The Kier molecular flexibility index (Phi) is 2.99. The van der Waals surface area contributed by atoms with Crippen LogP contribution in [0.2, 0.25) is 0 Å². The van der Waals surface area contributed by atoms with Crippen LogP contribution in [0.15, 0.2) is 47.4 Å². The van der Waals surface area contributed by atoms with Crippen LogP contribution in [0, 0.1) is 0 Å². The normalized spacial score (nSPS) is 13.6. The van der Waals surface area contributed by atoms with Gasteiger partial charge in [-0.3, -0.25) is 4.79 Å². The van der Waals surface area contributed by atoms with E-state index in [1.165, 1.54) is 17.3 Å². The first kappa shape index (κ1) is 11.8. The quantitative estimate of drug-likeness (QED) is 0.904. The van der Waals surface area contributed by atoms with Gasteiger partial charge in [-0.15, -0.1) is 0 Å². The minimum atomic E-state index is 0.00156. The maximum atomic E-state index is 11.7. The van der Waals surface area contributed by atoms with Crippen molar-refractivity contribution in [1.82, 2.24) is 4.57 Å². The monoisotopic (exact) mass is 255 g/mol. The molecule has 0 fully saturated rings. The Morgan fingerprint density at radius 2 is 1.95 bits per heavy atom. The Hall–Kier alpha value is -2.23. The van der Waals surface area contributed by atoms with Crippen molar-refractivity contribution in [2.45, 2.75) is 13.0 Å². The maximum Gasteiger partial charge on any atom is 0.250 e. The summed E-state index contributed by atoms with van der Waals surface area (Å²) >= 11 is 0. The zero-order valence-corrected chi connectivity index (χ0v) is 10.7. The molecule has 19 heavy (non-hydrogen) atoms. The summed E-state index contributed by atoms with van der Waals surface area (Å²) in [7, 11) is 0. The van der Waals surface area contributed by atoms with E-state index >= 15 is 0 Å². The molecule has 0 amide bonds. The molecule has 2 N–H and O–H groups in total. The van der Waals surface area contributed by atoms with Gasteiger partial charge in [0, 0.05) is 43.3 Å². The fourth-order valence-corrected chi connectivity index (χ4v) is 2.59. The molecule has 0 aliphatic carbocycles. The van der Waals surface area contributed by atoms with Crippen molar-refractivity contribution in [1.29, 1.82) is 0 Å². The summed E-state index contributed by atoms with van der Waals surface area (Å²) in [6, 6.07) is 11.6. The second-order valence-corrected chi connectivity index (χ2v) is 4.86. The van der Waals surface area contributed by atoms with Gasteiger partial charge in [-0.05, 0) is 24.1 Å². The lowest BCUT2D eigenvalue weighted by Crippen LogP contribution is -2.29. The highest BCUT2D eigenvalue weighted by atomic mass is 16.1. The van der Waals surface area contributed by atoms with Gasteiger partial charge in [-0.1, -0.05) is 18.2 Å². The van der Waals surface area contributed by atoms with Crippen LogP contribution in [0.25, 0.3) is 0 Å². The van der Waals surface area contributed by atoms with Crippen molar-refractivity contribution >= 4 is 11.4 Å². The van der Waals surface area contributed by atoms with Crippen LogP contribution in [0.4, 0.5) is 11.4 Å². The van der Waals surface area contributed by atoms with Crippen molar-refractivity contribution in [3.05, 3.63) is 58.5 Å². The number of hydrogen-bond acceptors (Lipinski definition) is 3. The molecule has 2 heterocycles. The van der Waals surface area contributed by atoms with E-state index in [9.17, 15) is 4.79 Å². The lowest BCUT2D eigenvalue weighted by molar-refractivity contribution is 0.649. The number of nitrogens with zero attached hydrogens (tertiary/aromatic N) is 2. The number of benzene rings is 1. The molecule has 0 bridgehead atoms. The molecule has 0 saturated heterocycles. The van der Waals surface area contributed by atoms with E-state index < -0.39 is 0 Å². The van der Waals surface area contributed by atoms with Crippen molar-refractivity contribution in [2.75, 3.05) is 23.7 Å². The molecule has 0 radical (unpaired) electrons. The minimum absolute atomic E-state index is 0.00156. The van der Waals surface area contributed by atoms with Gasteiger partial charge in [-0.2, -0.15) is 0 Å². The predicted octanol–water partition coefficient (Wildman–Crippen LogP) is 1.49. The molecule has 4 heteroatoms. The molecule has 4 nitrogen and oxygen atoms in total. The highest BCUT2D eigenvalue weighted by molar-refractivity contribution is 5.57. The SMILES string of the molecule is Nc1ccc(=O)n(CCN2CCc3ccccc32)c1. The highest BCUT2D eigenvalue weighted by Crippen LogP contribution is 2.26. The van der Waals surface area contributed by atoms with Crippen molar-refractivity contribution in [3.8, 4) is 0 Å². The first-order valence-electron chi connectivity index (χ1n) is 6.53. The number of fused-ring (bicyclic) bond motifs is 1. The highest BCUT2D eigenvalue weighted by Gasteiger charge is 2.17. The molecule has 98 valence electrons. The second kappa shape index (κ2) is 4.80. The van der Waals surface area contributed by atoms with Gasteiger partial charge in [0.1, 0.15) is 0 Å². The largest absolute Gasteiger partial charge is 0.398 e. The summed E-state index contributed by atoms with van der Waals surface area (Å²) in [5, 5.41) is 0. The number of aromatic nitrogens is 1. The summed E-state index contributed by atoms with van der Waals surface area (Å²) < 4.78 is 1.68. The molecule has 0 spiro atoms. The van der Waals surface area contributed by atoms with Gasteiger partial charge < -0.3 is 15.2 Å². The molecule has 3 rings (SSSR count). The Morgan fingerprint density at radius 3 is 2.84 bits per heavy atom. The van der Waals surface area contributed by atoms with Crippen molar-refractivity contribution in [2.24, 2.45) is 0 Å². The van der Waals surface area contributed by atoms with Crippen LogP contribution >= 0.6 is 0 Å². The van der Waals surface area contributed by atoms with Gasteiger partial charge in [0.05, 0.1) is 0 Å². The Labute approximate surface area is 112 Å². The number of pyridine rings is 1. The van der Waals surface area contributed by atoms with Gasteiger partial charge in [0.15, 0.2) is 0 Å². The number of hydrogen-bond donors (Lipinski definition) is 1. The lowest BCUT2D eigenvalue weighted by Gasteiger charge is -2.19. The molecule has 0 unspecified atom stereocenters. The third kappa shape index (κ3) is 2.34. The summed E-state index contributed by atoms with van der Waals surface area (Å²) in [4.78, 5) is 14.0. The van der Waals surface area contributed by atoms with E-state index in [2.05, 4.69) is 29.2 Å². The lowest BCUT2D eigenvalue weighted by atomic mass is 10.2. The molecule has 0 saturated carbocycles. The van der Waals surface area contributed by atoms with Crippen LogP contribution in [0.1, 0.15) is 5.56 Å². The Bertz CT molecular complexity index is 648. The van der Waals surface area contributed by atoms with E-state index in [0.29, 0.717) is 12.2 Å². The molecule has 1 aliphatic rings. The first-order valence-corrected chi connectivity index (χ1v) is 6.53. The number of nitrogen functional groups attached to an aromatic ring is 1. The maximum absolute atomic E-state index is 11.7. The smallest absolute Gasteiger partial charge is 0.250 e. The van der Waals surface area contributed by atoms with Gasteiger partial charge in [0.2, 0.25) is 0 Å². The summed E-state index contributed by atoms with van der Waals surface area (Å²) in [5.74, 6) is 0. The summed E-state index contributed by atoms with van der Waals surface area (Å²) in [6.45, 7) is 2.52. The number of rotatable bonds is 3. The molecular weight excluding hydrogens is 238 g/mol. The second-order valence-electron chi connectivity index (χ2n) is 4.86. The number of para-hydroxylation sites is 1. The Balaban J connectivity index is 1.74. The molecule has 0 atom stereocenters. The molecule has 1 aliphatic heterocycles. The molecule has 1 aromatic heterocycles. The average molecular weight is 255 g/mol. The van der Waals surface area contributed by atoms with E-state index in [0.717, 1.165) is 19.5 Å². The third-order valence-corrected chi connectivity index (χ3v) is 3.60. The van der Waals surface area contributed by atoms with Crippen LogP contribution < -0.4 is 16.2 Å². The number of anilines is 2. The molecular formula is C15H17N3O. The predicted molar refractivity (Wildman–Crippen MR) is 77.5 cm³/mol. The minimum Gasteiger partial charge on any atom is -0.398 e. The van der Waals surface area contributed by atoms with Crippen LogP contribution in [0.5, 0.6) is 0 Å². The van der Waals surface area contributed by atoms with E-state index in [1.807, 2.05) is 0 Å². The fraction of sp³-hybridized carbons (Fsp3) is 0.267. The van der Waals surface area contributed by atoms with Crippen LogP contribution in [-0.2, 0) is 13.0 Å². The van der Waals surface area contributed by atoms with Gasteiger partial charge >= 0.3 is 0 Å². The Morgan fingerprint density at radius 1 is 1.11 bits per heavy atom. The van der Waals surface area contributed by atoms with Gasteiger partial charge in [-0.25, -0.2) is 0 Å². The zero-order valence-electron chi connectivity index (χ0n) is 10.7. The first-order chi connectivity index (χ1) is 9.24. The van der Waals surface area contributed by atoms with Crippen LogP contribution in [0.3, 0.4) is 0 Å². The molecule has 2 aromatic rings. The topological polar surface area (TPSA) is 51.3 Å². The van der Waals surface area contributed by atoms with Crippen LogP contribution in [-0.4, -0.2) is 17.7 Å². The third-order valence-electron chi connectivity index (χ3n) is 3.60. The fourth-order valence-electron chi connectivity index (χ4n) is 2.59. The zero-order chi connectivity index (χ0) is 13.2. The van der Waals surface area contributed by atoms with E-state index in [4.69, 9.17) is 5.73 Å². The number of nitrogens with two attached hydrogens (primary N) is 1. The van der Waals surface area contributed by atoms with Crippen molar-refractivity contribution < 1.29 is 0 Å².